The smallest absolute Gasteiger partial charge is 0.307 e. The maximum absolute atomic E-state index is 11.7. The number of hydrogen-bond donors (Lipinski definition) is 2. The van der Waals surface area contributed by atoms with Gasteiger partial charge in [0.2, 0.25) is 0 Å². The number of esters is 1. The lowest BCUT2D eigenvalue weighted by atomic mass is 9.88. The molecule has 2 unspecified atom stereocenters. The number of carbonyl (C=O) groups is 1. The summed E-state index contributed by atoms with van der Waals surface area (Å²) in [6, 6.07) is 0. The van der Waals surface area contributed by atoms with Gasteiger partial charge in [-0.1, -0.05) is 12.2 Å². The molecule has 0 aromatic carbocycles. The second-order valence-electron chi connectivity index (χ2n) is 6.30. The highest BCUT2D eigenvalue weighted by Crippen LogP contribution is 2.26. The molecule has 9 nitrogen and oxygen atoms in total. The van der Waals surface area contributed by atoms with Crippen molar-refractivity contribution in [3.05, 3.63) is 0 Å². The fraction of sp³-hybridized carbons (Fsp3) is 0.933. The van der Waals surface area contributed by atoms with Crippen molar-refractivity contribution >= 4 is 5.97 Å². The van der Waals surface area contributed by atoms with Crippen LogP contribution in [0.3, 0.4) is 0 Å². The van der Waals surface area contributed by atoms with Crippen molar-refractivity contribution in [2.75, 3.05) is 52.8 Å². The molecule has 2 fully saturated rings. The van der Waals surface area contributed by atoms with Crippen LogP contribution in [0.25, 0.3) is 0 Å². The van der Waals surface area contributed by atoms with Gasteiger partial charge in [0.25, 0.3) is 0 Å². The van der Waals surface area contributed by atoms with Crippen LogP contribution in [0.4, 0.5) is 0 Å². The molecule has 0 saturated carbocycles. The summed E-state index contributed by atoms with van der Waals surface area (Å²) in [5, 5.41) is 17.2. The maximum Gasteiger partial charge on any atom is 0.307 e. The molecule has 2 aliphatic rings. The van der Waals surface area contributed by atoms with Crippen molar-refractivity contribution in [2.45, 2.75) is 32.0 Å². The van der Waals surface area contributed by atoms with E-state index < -0.39 is 11.4 Å². The van der Waals surface area contributed by atoms with E-state index in [1.54, 1.807) is 0 Å². The first-order valence-corrected chi connectivity index (χ1v) is 8.22. The molecule has 2 saturated heterocycles. The van der Waals surface area contributed by atoms with Gasteiger partial charge in [-0.3, -0.25) is 15.2 Å². The van der Waals surface area contributed by atoms with Crippen molar-refractivity contribution < 1.29 is 38.9 Å². The predicted molar refractivity (Wildman–Crippen MR) is 79.7 cm³/mol. The molecule has 140 valence electrons. The van der Waals surface area contributed by atoms with E-state index in [4.69, 9.17) is 34.1 Å². The Morgan fingerprint density at radius 3 is 2.08 bits per heavy atom. The third-order valence-corrected chi connectivity index (χ3v) is 4.03. The Kier molecular flexibility index (Phi) is 7.82. The number of carbonyl (C=O) groups excluding carboxylic acids is 1. The van der Waals surface area contributed by atoms with Crippen LogP contribution >= 0.6 is 0 Å². The van der Waals surface area contributed by atoms with Gasteiger partial charge < -0.3 is 23.7 Å². The minimum atomic E-state index is -0.503. The fourth-order valence-electron chi connectivity index (χ4n) is 2.07. The van der Waals surface area contributed by atoms with E-state index in [0.717, 1.165) is 13.2 Å². The van der Waals surface area contributed by atoms with E-state index in [1.807, 2.05) is 6.92 Å². The zero-order valence-electron chi connectivity index (χ0n) is 14.0. The minimum Gasteiger partial charge on any atom is -0.465 e. The topological polar surface area (TPSA) is 114 Å². The molecular formula is C15H27NO8. The van der Waals surface area contributed by atoms with Crippen LogP contribution in [0.2, 0.25) is 0 Å². The van der Waals surface area contributed by atoms with Crippen molar-refractivity contribution in [3.8, 4) is 0 Å². The number of epoxide rings is 2. The molecule has 2 heterocycles. The average Bonchev–Trinajstić information content (AvgIpc) is 3.44. The van der Waals surface area contributed by atoms with Gasteiger partial charge in [-0.05, 0) is 6.42 Å². The first kappa shape index (κ1) is 19.5. The third kappa shape index (κ3) is 7.84. The Bertz CT molecular complexity index is 366. The zero-order valence-corrected chi connectivity index (χ0v) is 14.0. The van der Waals surface area contributed by atoms with Crippen molar-refractivity contribution in [1.29, 1.82) is 0 Å². The minimum absolute atomic E-state index is 0.0359. The molecular weight excluding hydrogens is 322 g/mol. The van der Waals surface area contributed by atoms with E-state index in [9.17, 15) is 4.79 Å². The quantitative estimate of drug-likeness (QED) is 0.258. The summed E-state index contributed by atoms with van der Waals surface area (Å²) >= 11 is 0. The van der Waals surface area contributed by atoms with Gasteiger partial charge in [-0.25, -0.2) is 0 Å². The first-order valence-electron chi connectivity index (χ1n) is 8.22. The molecule has 2 rings (SSSR count). The van der Waals surface area contributed by atoms with Gasteiger partial charge >= 0.3 is 5.97 Å². The fourth-order valence-corrected chi connectivity index (χ4v) is 2.07. The number of hydrogen-bond acceptors (Lipinski definition) is 9. The van der Waals surface area contributed by atoms with Crippen LogP contribution in [0.1, 0.15) is 19.8 Å². The lowest BCUT2D eigenvalue weighted by molar-refractivity contribution is -0.306. The summed E-state index contributed by atoms with van der Waals surface area (Å²) in [5.41, 5.74) is -0.447. The Morgan fingerprint density at radius 2 is 1.67 bits per heavy atom. The average molecular weight is 349 g/mol. The predicted octanol–water partition coefficient (Wildman–Crippen LogP) is 0.227. The van der Waals surface area contributed by atoms with Crippen LogP contribution in [0.15, 0.2) is 0 Å². The lowest BCUT2D eigenvalue weighted by Crippen LogP contribution is -2.38. The summed E-state index contributed by atoms with van der Waals surface area (Å²) in [4.78, 5) is 11.7. The molecule has 0 amide bonds. The van der Waals surface area contributed by atoms with E-state index in [2.05, 4.69) is 0 Å². The van der Waals surface area contributed by atoms with Crippen LogP contribution in [-0.2, 0) is 28.5 Å². The van der Waals surface area contributed by atoms with Crippen molar-refractivity contribution in [3.63, 3.8) is 0 Å². The normalized spacial score (nSPS) is 24.7. The Hall–Kier alpha value is -0.810. The number of ether oxygens (including phenoxy) is 5. The zero-order chi connectivity index (χ0) is 17.4. The number of hydroxylamine groups is 2. The van der Waals surface area contributed by atoms with Gasteiger partial charge in [-0.15, -0.1) is 0 Å². The molecule has 0 aromatic heterocycles. The maximum atomic E-state index is 11.7. The highest BCUT2D eigenvalue weighted by Gasteiger charge is 2.34. The van der Waals surface area contributed by atoms with Gasteiger partial charge in [0.05, 0.1) is 58.0 Å². The van der Waals surface area contributed by atoms with Crippen LogP contribution in [0, 0.1) is 5.41 Å². The van der Waals surface area contributed by atoms with Gasteiger partial charge in [0.1, 0.15) is 18.8 Å². The van der Waals surface area contributed by atoms with E-state index in [0.29, 0.717) is 32.8 Å². The second kappa shape index (κ2) is 9.62. The molecule has 2 N–H and O–H groups in total. The van der Waals surface area contributed by atoms with E-state index in [1.165, 1.54) is 0 Å². The van der Waals surface area contributed by atoms with E-state index >= 15 is 0 Å². The lowest BCUT2D eigenvalue weighted by Gasteiger charge is -2.31. The summed E-state index contributed by atoms with van der Waals surface area (Å²) < 4.78 is 26.9. The molecule has 0 radical (unpaired) electrons. The second-order valence-corrected chi connectivity index (χ2v) is 6.30. The molecule has 9 heteroatoms. The summed E-state index contributed by atoms with van der Waals surface area (Å²) in [7, 11) is 0. The van der Waals surface area contributed by atoms with Crippen molar-refractivity contribution in [1.82, 2.24) is 5.23 Å². The van der Waals surface area contributed by atoms with E-state index in [-0.39, 0.29) is 37.0 Å². The van der Waals surface area contributed by atoms with Crippen molar-refractivity contribution in [2.24, 2.45) is 5.41 Å². The molecule has 0 bridgehead atoms. The van der Waals surface area contributed by atoms with Gasteiger partial charge in [-0.2, -0.15) is 0 Å². The van der Waals surface area contributed by atoms with Crippen LogP contribution in [0.5, 0.6) is 0 Å². The molecule has 0 aliphatic carbocycles. The van der Waals surface area contributed by atoms with Crippen LogP contribution in [-0.4, -0.2) is 86.6 Å². The Balaban J connectivity index is 1.76. The molecule has 24 heavy (non-hydrogen) atoms. The summed E-state index contributed by atoms with van der Waals surface area (Å²) in [6.45, 7) is 5.22. The SMILES string of the molecule is CCC(COCC1CO1)(COCC1CO1)COC(=O)CCN(O)O. The molecule has 0 spiro atoms. The number of rotatable bonds is 14. The Morgan fingerprint density at radius 1 is 1.12 bits per heavy atom. The summed E-state index contributed by atoms with van der Waals surface area (Å²) in [6.07, 6.45) is 0.940. The highest BCUT2D eigenvalue weighted by molar-refractivity contribution is 5.69. The first-order chi connectivity index (χ1) is 11.5. The number of nitrogens with zero attached hydrogens (tertiary/aromatic N) is 1. The van der Waals surface area contributed by atoms with Gasteiger partial charge in [0.15, 0.2) is 0 Å². The highest BCUT2D eigenvalue weighted by atomic mass is 16.8. The monoisotopic (exact) mass is 349 g/mol. The third-order valence-electron chi connectivity index (χ3n) is 4.03. The summed E-state index contributed by atoms with van der Waals surface area (Å²) in [5.74, 6) is -0.503. The standard InChI is InChI=1S/C15H27NO8/c1-2-15(9-20-5-12-7-22-12,10-21-6-13-8-23-13)11-24-14(17)3-4-16(18)19/h12-13,18-19H,2-11H2,1H3. The molecule has 2 aliphatic heterocycles. The molecule has 2 atom stereocenters. The van der Waals surface area contributed by atoms with Crippen LogP contribution < -0.4 is 0 Å². The Labute approximate surface area is 141 Å². The largest absolute Gasteiger partial charge is 0.465 e. The molecule has 0 aromatic rings. The van der Waals surface area contributed by atoms with Gasteiger partial charge in [0, 0.05) is 0 Å².